The number of esters is 2. The predicted octanol–water partition coefficient (Wildman–Crippen LogP) is 3.15. The fraction of sp³-hybridized carbons (Fsp3) is 0.150. The van der Waals surface area contributed by atoms with E-state index in [4.69, 9.17) is 9.47 Å². The molecule has 0 spiro atoms. The normalized spacial score (nSPS) is 10.2. The smallest absolute Gasteiger partial charge is 0.353 e. The second-order valence-corrected chi connectivity index (χ2v) is 6.38. The lowest BCUT2D eigenvalue weighted by molar-refractivity contribution is -0.383. The average molecular weight is 438 g/mol. The number of hydrogen-bond donors (Lipinski definition) is 2. The van der Waals surface area contributed by atoms with E-state index < -0.39 is 22.5 Å². The average Bonchev–Trinajstić information content (AvgIpc) is 2.79. The quantitative estimate of drug-likeness (QED) is 0.317. The molecule has 3 aromatic rings. The summed E-state index contributed by atoms with van der Waals surface area (Å²) < 4.78 is 9.40. The first kappa shape index (κ1) is 22.1. The molecule has 1 aromatic carbocycles. The summed E-state index contributed by atoms with van der Waals surface area (Å²) in [6.45, 7) is 1.79. The molecule has 2 heterocycles. The van der Waals surface area contributed by atoms with E-state index in [1.54, 1.807) is 19.1 Å². The number of aryl methyl sites for hydroxylation is 1. The van der Waals surface area contributed by atoms with Crippen LogP contribution in [0, 0.1) is 17.0 Å². The van der Waals surface area contributed by atoms with Crippen molar-refractivity contribution in [2.45, 2.75) is 6.92 Å². The Morgan fingerprint density at radius 1 is 0.938 bits per heavy atom. The number of rotatable bonds is 7. The van der Waals surface area contributed by atoms with Crippen LogP contribution in [-0.4, -0.2) is 46.0 Å². The van der Waals surface area contributed by atoms with Gasteiger partial charge in [0.1, 0.15) is 12.1 Å². The number of aromatic nitrogens is 3. The first-order chi connectivity index (χ1) is 15.3. The second-order valence-electron chi connectivity index (χ2n) is 6.38. The Morgan fingerprint density at radius 2 is 1.53 bits per heavy atom. The number of ether oxygens (including phenoxy) is 2. The van der Waals surface area contributed by atoms with Crippen molar-refractivity contribution >= 4 is 40.8 Å². The molecule has 0 unspecified atom stereocenters. The highest BCUT2D eigenvalue weighted by atomic mass is 16.6. The molecule has 32 heavy (non-hydrogen) atoms. The van der Waals surface area contributed by atoms with Crippen LogP contribution in [0.4, 0.5) is 28.8 Å². The molecular weight excluding hydrogens is 420 g/mol. The van der Waals surface area contributed by atoms with Crippen LogP contribution in [0.25, 0.3) is 0 Å². The Balaban J connectivity index is 2.05. The summed E-state index contributed by atoms with van der Waals surface area (Å²) in [6.07, 6.45) is 2.66. The molecule has 0 atom stereocenters. The van der Waals surface area contributed by atoms with Gasteiger partial charge in [-0.2, -0.15) is 0 Å². The first-order valence-corrected chi connectivity index (χ1v) is 9.10. The van der Waals surface area contributed by atoms with Crippen LogP contribution >= 0.6 is 0 Å². The van der Waals surface area contributed by atoms with E-state index in [9.17, 15) is 19.7 Å². The van der Waals surface area contributed by atoms with Gasteiger partial charge in [-0.1, -0.05) is 6.07 Å². The molecule has 164 valence electrons. The molecule has 0 radical (unpaired) electrons. The van der Waals surface area contributed by atoms with Gasteiger partial charge in [0.15, 0.2) is 0 Å². The van der Waals surface area contributed by atoms with Crippen molar-refractivity contribution in [1.82, 2.24) is 15.0 Å². The minimum absolute atomic E-state index is 0.0390. The number of carbonyl (C=O) groups excluding carboxylic acids is 2. The third-order valence-corrected chi connectivity index (χ3v) is 4.29. The molecule has 0 aliphatic heterocycles. The standard InChI is InChI=1S/C20H18N6O6/c1-11-5-4-6-21-16(11)25-18-15(26(29)30)17(22-10-23-18)24-14-8-12(19(27)31-2)7-13(9-14)20(28)32-3/h4-10H,1-3H3,(H2,21,22,23,24,25). The SMILES string of the molecule is COC(=O)c1cc(Nc2ncnc(Nc3ncccc3C)c2[N+](=O)[O-])cc(C(=O)OC)c1. The van der Waals surface area contributed by atoms with Gasteiger partial charge in [0.25, 0.3) is 0 Å². The van der Waals surface area contributed by atoms with E-state index in [0.29, 0.717) is 5.82 Å². The maximum atomic E-state index is 12.0. The highest BCUT2D eigenvalue weighted by Gasteiger charge is 2.25. The number of carbonyl (C=O) groups is 2. The zero-order valence-electron chi connectivity index (χ0n) is 17.3. The molecule has 0 fully saturated rings. The number of benzene rings is 1. The third kappa shape index (κ3) is 4.75. The van der Waals surface area contributed by atoms with Crippen LogP contribution in [0.5, 0.6) is 0 Å². The molecule has 2 aromatic heterocycles. The van der Waals surface area contributed by atoms with Crippen molar-refractivity contribution in [3.63, 3.8) is 0 Å². The van der Waals surface area contributed by atoms with Crippen molar-refractivity contribution < 1.29 is 24.0 Å². The monoisotopic (exact) mass is 438 g/mol. The van der Waals surface area contributed by atoms with Gasteiger partial charge < -0.3 is 20.1 Å². The lowest BCUT2D eigenvalue weighted by Crippen LogP contribution is -2.09. The zero-order valence-corrected chi connectivity index (χ0v) is 17.3. The van der Waals surface area contributed by atoms with Crippen LogP contribution in [0.3, 0.4) is 0 Å². The van der Waals surface area contributed by atoms with E-state index in [2.05, 4.69) is 25.6 Å². The van der Waals surface area contributed by atoms with Crippen LogP contribution < -0.4 is 10.6 Å². The summed E-state index contributed by atoms with van der Waals surface area (Å²) in [6, 6.07) is 7.53. The highest BCUT2D eigenvalue weighted by Crippen LogP contribution is 2.33. The second kappa shape index (κ2) is 9.47. The van der Waals surface area contributed by atoms with E-state index in [1.807, 2.05) is 0 Å². The van der Waals surface area contributed by atoms with E-state index in [-0.39, 0.29) is 28.5 Å². The van der Waals surface area contributed by atoms with E-state index in [1.165, 1.54) is 38.6 Å². The fourth-order valence-corrected chi connectivity index (χ4v) is 2.77. The molecular formula is C20H18N6O6. The van der Waals surface area contributed by atoms with Gasteiger partial charge in [-0.05, 0) is 36.8 Å². The number of pyridine rings is 1. The van der Waals surface area contributed by atoms with Crippen LogP contribution in [-0.2, 0) is 9.47 Å². The number of nitro groups is 1. The number of methoxy groups -OCH3 is 2. The molecule has 0 saturated heterocycles. The Hall–Kier alpha value is -4.61. The van der Waals surface area contributed by atoms with Gasteiger partial charge >= 0.3 is 17.6 Å². The Kier molecular flexibility index (Phi) is 6.53. The zero-order chi connectivity index (χ0) is 23.3. The Labute approximate surface area is 181 Å². The van der Waals surface area contributed by atoms with E-state index in [0.717, 1.165) is 11.9 Å². The number of anilines is 4. The largest absolute Gasteiger partial charge is 0.465 e. The predicted molar refractivity (Wildman–Crippen MR) is 113 cm³/mol. The minimum atomic E-state index is -0.705. The first-order valence-electron chi connectivity index (χ1n) is 9.10. The fourth-order valence-electron chi connectivity index (χ4n) is 2.77. The van der Waals surface area contributed by atoms with Crippen molar-refractivity contribution in [2.75, 3.05) is 24.9 Å². The molecule has 0 bridgehead atoms. The molecule has 0 aliphatic carbocycles. The van der Waals surface area contributed by atoms with Crippen molar-refractivity contribution in [3.05, 3.63) is 69.7 Å². The van der Waals surface area contributed by atoms with Gasteiger partial charge in [0.2, 0.25) is 11.6 Å². The third-order valence-electron chi connectivity index (χ3n) is 4.29. The summed E-state index contributed by atoms with van der Waals surface area (Å²) in [5, 5.41) is 17.4. The van der Waals surface area contributed by atoms with Gasteiger partial charge in [0, 0.05) is 11.9 Å². The molecule has 2 N–H and O–H groups in total. The molecule has 12 nitrogen and oxygen atoms in total. The summed E-state index contributed by atoms with van der Waals surface area (Å²) in [5.41, 5.74) is 0.549. The number of nitrogens with zero attached hydrogens (tertiary/aromatic N) is 4. The topological polar surface area (TPSA) is 158 Å². The molecule has 0 amide bonds. The molecule has 0 aliphatic rings. The van der Waals surface area contributed by atoms with Crippen molar-refractivity contribution in [1.29, 1.82) is 0 Å². The minimum Gasteiger partial charge on any atom is -0.465 e. The molecule has 0 saturated carbocycles. The summed E-state index contributed by atoms with van der Waals surface area (Å²) in [5.74, 6) is -1.28. The van der Waals surface area contributed by atoms with Gasteiger partial charge in [-0.15, -0.1) is 0 Å². The van der Waals surface area contributed by atoms with Crippen LogP contribution in [0.1, 0.15) is 26.3 Å². The summed E-state index contributed by atoms with van der Waals surface area (Å²) >= 11 is 0. The van der Waals surface area contributed by atoms with Gasteiger partial charge in [0.05, 0.1) is 30.3 Å². The van der Waals surface area contributed by atoms with E-state index >= 15 is 0 Å². The summed E-state index contributed by atoms with van der Waals surface area (Å²) in [7, 11) is 2.38. The van der Waals surface area contributed by atoms with Gasteiger partial charge in [-0.3, -0.25) is 10.1 Å². The van der Waals surface area contributed by atoms with Crippen LogP contribution in [0.2, 0.25) is 0 Å². The van der Waals surface area contributed by atoms with Crippen molar-refractivity contribution in [2.24, 2.45) is 0 Å². The molecule has 12 heteroatoms. The Morgan fingerprint density at radius 3 is 2.06 bits per heavy atom. The lowest BCUT2D eigenvalue weighted by Gasteiger charge is -2.12. The maximum absolute atomic E-state index is 12.0. The maximum Gasteiger partial charge on any atom is 0.353 e. The summed E-state index contributed by atoms with van der Waals surface area (Å²) in [4.78, 5) is 47.2. The number of nitrogens with one attached hydrogen (secondary N) is 2. The van der Waals surface area contributed by atoms with Crippen LogP contribution in [0.15, 0.2) is 42.9 Å². The highest BCUT2D eigenvalue weighted by molar-refractivity contribution is 5.97. The van der Waals surface area contributed by atoms with Gasteiger partial charge in [-0.25, -0.2) is 24.5 Å². The Bertz CT molecular complexity index is 1160. The lowest BCUT2D eigenvalue weighted by atomic mass is 10.1. The van der Waals surface area contributed by atoms with Crippen molar-refractivity contribution in [3.8, 4) is 0 Å². The number of hydrogen-bond acceptors (Lipinski definition) is 11. The molecule has 3 rings (SSSR count).